The Morgan fingerprint density at radius 3 is 1.29 bits per heavy atom. The molecule has 0 aromatic carbocycles. The van der Waals surface area contributed by atoms with Gasteiger partial charge in [-0.2, -0.15) is 0 Å². The van der Waals surface area contributed by atoms with Crippen molar-refractivity contribution in [2.75, 3.05) is 20.3 Å². The fourth-order valence-electron chi connectivity index (χ4n) is 6.18. The van der Waals surface area contributed by atoms with E-state index in [1.807, 2.05) is 0 Å². The number of phosphoric ester groups is 1. The largest absolute Gasteiger partial charge is 0.472 e. The van der Waals surface area contributed by atoms with E-state index >= 15 is 0 Å². The number of hydrogen-bond donors (Lipinski definition) is 1. The lowest BCUT2D eigenvalue weighted by Crippen LogP contribution is -2.29. The molecule has 1 N–H and O–H groups in total. The Labute approximate surface area is 314 Å². The van der Waals surface area contributed by atoms with Gasteiger partial charge >= 0.3 is 19.8 Å². The average molecular weight is 745 g/mol. The summed E-state index contributed by atoms with van der Waals surface area (Å²) in [5.41, 5.74) is 0. The summed E-state index contributed by atoms with van der Waals surface area (Å²) < 4.78 is 32.0. The van der Waals surface area contributed by atoms with Gasteiger partial charge in [0.25, 0.3) is 0 Å². The molecule has 8 nitrogen and oxygen atoms in total. The lowest BCUT2D eigenvalue weighted by atomic mass is 10.0. The maximum atomic E-state index is 12.5. The molecule has 0 radical (unpaired) electrons. The number of allylic oxidation sites excluding steroid dienone is 2. The van der Waals surface area contributed by atoms with Crippen LogP contribution in [0.5, 0.6) is 0 Å². The number of carbonyl (C=O) groups is 2. The highest BCUT2D eigenvalue weighted by atomic mass is 31.2. The first-order valence-electron chi connectivity index (χ1n) is 21.4. The third-order valence-corrected chi connectivity index (χ3v) is 10.4. The molecule has 2 atom stereocenters. The molecule has 0 aliphatic carbocycles. The number of rotatable bonds is 40. The Balaban J connectivity index is 3.94. The zero-order valence-corrected chi connectivity index (χ0v) is 34.4. The maximum absolute atomic E-state index is 12.5. The lowest BCUT2D eigenvalue weighted by Gasteiger charge is -2.19. The predicted octanol–water partition coefficient (Wildman–Crippen LogP) is 13.3. The molecule has 0 rings (SSSR count). The normalized spacial score (nSPS) is 13.4. The molecule has 0 amide bonds. The molecule has 51 heavy (non-hydrogen) atoms. The van der Waals surface area contributed by atoms with Gasteiger partial charge in [0.1, 0.15) is 6.61 Å². The molecule has 0 aliphatic rings. The number of carbonyl (C=O) groups excluding carboxylic acids is 2. The predicted molar refractivity (Wildman–Crippen MR) is 212 cm³/mol. The molecule has 0 aromatic heterocycles. The molecular weight excluding hydrogens is 663 g/mol. The van der Waals surface area contributed by atoms with Gasteiger partial charge in [0.05, 0.1) is 6.61 Å². The van der Waals surface area contributed by atoms with Crippen molar-refractivity contribution in [3.8, 4) is 0 Å². The van der Waals surface area contributed by atoms with Crippen LogP contribution in [0, 0.1) is 0 Å². The fourth-order valence-corrected chi connectivity index (χ4v) is 6.64. The summed E-state index contributed by atoms with van der Waals surface area (Å²) in [5.74, 6) is -0.803. The molecule has 0 aliphatic heterocycles. The summed E-state index contributed by atoms with van der Waals surface area (Å²) in [6.45, 7) is 3.89. The van der Waals surface area contributed by atoms with Crippen LogP contribution in [0.15, 0.2) is 12.2 Å². The van der Waals surface area contributed by atoms with Gasteiger partial charge in [-0.1, -0.05) is 180 Å². The third-order valence-electron chi connectivity index (χ3n) is 9.51. The van der Waals surface area contributed by atoms with Gasteiger partial charge in [0.2, 0.25) is 0 Å². The molecule has 0 aromatic rings. The van der Waals surface area contributed by atoms with Crippen molar-refractivity contribution < 1.29 is 37.6 Å². The molecule has 0 saturated heterocycles. The maximum Gasteiger partial charge on any atom is 0.472 e. The molecule has 9 heteroatoms. The van der Waals surface area contributed by atoms with Gasteiger partial charge in [0, 0.05) is 20.0 Å². The van der Waals surface area contributed by atoms with Crippen molar-refractivity contribution >= 4 is 19.8 Å². The van der Waals surface area contributed by atoms with Gasteiger partial charge in [-0.15, -0.1) is 0 Å². The average Bonchev–Trinajstić information content (AvgIpc) is 3.12. The zero-order valence-electron chi connectivity index (χ0n) is 33.5. The van der Waals surface area contributed by atoms with Gasteiger partial charge in [-0.3, -0.25) is 18.6 Å². The third kappa shape index (κ3) is 38.3. The van der Waals surface area contributed by atoms with E-state index < -0.39 is 26.5 Å². The molecule has 0 fully saturated rings. The monoisotopic (exact) mass is 745 g/mol. The van der Waals surface area contributed by atoms with Crippen molar-refractivity contribution in [2.24, 2.45) is 0 Å². The smallest absolute Gasteiger partial charge is 0.462 e. The Bertz CT molecular complexity index is 849. The minimum atomic E-state index is -4.26. The molecule has 0 bridgehead atoms. The van der Waals surface area contributed by atoms with Gasteiger partial charge in [-0.25, -0.2) is 4.57 Å². The number of phosphoric acid groups is 1. The number of esters is 2. The summed E-state index contributed by atoms with van der Waals surface area (Å²) >= 11 is 0. The van der Waals surface area contributed by atoms with Crippen LogP contribution in [0.4, 0.5) is 0 Å². The zero-order chi connectivity index (χ0) is 37.5. The summed E-state index contributed by atoms with van der Waals surface area (Å²) in [4.78, 5) is 34.4. The van der Waals surface area contributed by atoms with Crippen molar-refractivity contribution in [3.63, 3.8) is 0 Å². The second-order valence-electron chi connectivity index (χ2n) is 14.5. The Kier molecular flexibility index (Phi) is 37.6. The molecule has 0 heterocycles. The highest BCUT2D eigenvalue weighted by molar-refractivity contribution is 7.47. The minimum Gasteiger partial charge on any atom is -0.462 e. The standard InChI is InChI=1S/C42H81O8P/c1-4-6-8-10-12-14-16-18-19-20-21-22-23-25-26-28-30-32-34-36-41(43)48-38-40(39-49-51(45,46)47-3)50-42(44)37-35-33-31-29-27-24-17-15-13-11-9-7-5-2/h15,17,40H,4-14,16,18-39H2,1-3H3,(H,45,46)/b17-15-. The lowest BCUT2D eigenvalue weighted by molar-refractivity contribution is -0.161. The first-order valence-corrected chi connectivity index (χ1v) is 22.9. The SMILES string of the molecule is CCCCCC/C=C\CCCCCCCC(=O)OC(COC(=O)CCCCCCCCCCCCCCCCCCCCC)COP(=O)(O)OC. The Morgan fingerprint density at radius 1 is 0.529 bits per heavy atom. The van der Waals surface area contributed by atoms with Gasteiger partial charge < -0.3 is 14.4 Å². The number of ether oxygens (including phenoxy) is 2. The van der Waals surface area contributed by atoms with E-state index in [0.29, 0.717) is 12.8 Å². The summed E-state index contributed by atoms with van der Waals surface area (Å²) in [7, 11) is -3.19. The molecule has 0 saturated carbocycles. The van der Waals surface area contributed by atoms with Crippen LogP contribution in [0.25, 0.3) is 0 Å². The second-order valence-corrected chi connectivity index (χ2v) is 16.0. The van der Waals surface area contributed by atoms with Gasteiger partial charge in [0.15, 0.2) is 6.10 Å². The van der Waals surface area contributed by atoms with E-state index in [9.17, 15) is 19.0 Å². The topological polar surface area (TPSA) is 108 Å². The van der Waals surface area contributed by atoms with Crippen LogP contribution in [-0.4, -0.2) is 43.3 Å². The Morgan fingerprint density at radius 2 is 0.882 bits per heavy atom. The van der Waals surface area contributed by atoms with Crippen LogP contribution in [0.2, 0.25) is 0 Å². The van der Waals surface area contributed by atoms with E-state index in [-0.39, 0.29) is 19.0 Å². The first kappa shape index (κ1) is 49.8. The summed E-state index contributed by atoms with van der Waals surface area (Å²) in [6, 6.07) is 0. The van der Waals surface area contributed by atoms with Crippen molar-refractivity contribution in [3.05, 3.63) is 12.2 Å². The highest BCUT2D eigenvalue weighted by Crippen LogP contribution is 2.42. The van der Waals surface area contributed by atoms with Crippen LogP contribution < -0.4 is 0 Å². The minimum absolute atomic E-state index is 0.223. The molecule has 0 spiro atoms. The van der Waals surface area contributed by atoms with Crippen molar-refractivity contribution in [2.45, 2.75) is 225 Å². The molecule has 2 unspecified atom stereocenters. The van der Waals surface area contributed by atoms with Crippen LogP contribution >= 0.6 is 7.82 Å². The number of hydrogen-bond acceptors (Lipinski definition) is 7. The van der Waals surface area contributed by atoms with Gasteiger partial charge in [-0.05, 0) is 38.5 Å². The van der Waals surface area contributed by atoms with E-state index in [0.717, 1.165) is 58.5 Å². The van der Waals surface area contributed by atoms with E-state index in [1.54, 1.807) is 0 Å². The Hall–Kier alpha value is -1.21. The van der Waals surface area contributed by atoms with E-state index in [1.165, 1.54) is 135 Å². The van der Waals surface area contributed by atoms with Crippen LogP contribution in [0.1, 0.15) is 219 Å². The quantitative estimate of drug-likeness (QED) is 0.0286. The molecule has 302 valence electrons. The van der Waals surface area contributed by atoms with Crippen molar-refractivity contribution in [1.29, 1.82) is 0 Å². The first-order chi connectivity index (χ1) is 24.8. The van der Waals surface area contributed by atoms with E-state index in [4.69, 9.17) is 14.0 Å². The number of unbranched alkanes of at least 4 members (excludes halogenated alkanes) is 27. The summed E-state index contributed by atoms with van der Waals surface area (Å²) in [6.07, 6.45) is 41.2. The highest BCUT2D eigenvalue weighted by Gasteiger charge is 2.24. The summed E-state index contributed by atoms with van der Waals surface area (Å²) in [5, 5.41) is 0. The second kappa shape index (κ2) is 38.5. The fraction of sp³-hybridized carbons (Fsp3) is 0.905. The van der Waals surface area contributed by atoms with E-state index in [2.05, 4.69) is 30.5 Å². The van der Waals surface area contributed by atoms with Crippen LogP contribution in [-0.2, 0) is 32.7 Å². The van der Waals surface area contributed by atoms with Crippen LogP contribution in [0.3, 0.4) is 0 Å². The molecular formula is C42H81O8P. The van der Waals surface area contributed by atoms with Crippen molar-refractivity contribution in [1.82, 2.24) is 0 Å².